The third-order valence-electron chi connectivity index (χ3n) is 1.82. The fraction of sp³-hybridized carbons (Fsp3) is 0.100. The maximum atomic E-state index is 11.0. The van der Waals surface area contributed by atoms with Crippen LogP contribution in [0.25, 0.3) is 10.1 Å². The Kier molecular flexibility index (Phi) is 2.47. The lowest BCUT2D eigenvalue weighted by molar-refractivity contribution is -0.118. The Labute approximate surface area is 85.5 Å². The molecule has 0 bridgehead atoms. The fourth-order valence-corrected chi connectivity index (χ4v) is 2.14. The molecule has 1 aromatic heterocycles. The monoisotopic (exact) mass is 205 g/mol. The van der Waals surface area contributed by atoms with E-state index in [9.17, 15) is 4.79 Å². The minimum Gasteiger partial charge on any atom is -0.322 e. The average molecular weight is 205 g/mol. The zero-order valence-corrected chi connectivity index (χ0v) is 8.25. The predicted octanol–water partition coefficient (Wildman–Crippen LogP) is 1.62. The first kappa shape index (κ1) is 9.18. The first-order chi connectivity index (χ1) is 6.79. The Morgan fingerprint density at radius 3 is 2.93 bits per heavy atom. The van der Waals surface area contributed by atoms with Crippen molar-refractivity contribution in [1.82, 2.24) is 5.32 Å². The fourth-order valence-electron chi connectivity index (χ4n) is 1.19. The molecule has 2 N–H and O–H groups in total. The molecule has 1 radical (unpaired) electrons. The van der Waals surface area contributed by atoms with Gasteiger partial charge >= 0.3 is 0 Å². The van der Waals surface area contributed by atoms with Crippen molar-refractivity contribution in [1.29, 1.82) is 0 Å². The first-order valence-electron chi connectivity index (χ1n) is 4.23. The average Bonchev–Trinajstić information content (AvgIpc) is 2.59. The summed E-state index contributed by atoms with van der Waals surface area (Å²) in [5.41, 5.74) is 5.18. The highest BCUT2D eigenvalue weighted by atomic mass is 32.1. The second-order valence-electron chi connectivity index (χ2n) is 2.83. The summed E-state index contributed by atoms with van der Waals surface area (Å²) < 4.78 is 1.14. The van der Waals surface area contributed by atoms with E-state index in [0.717, 1.165) is 15.1 Å². The van der Waals surface area contributed by atoms with E-state index in [0.29, 0.717) is 0 Å². The minimum atomic E-state index is -0.281. The lowest BCUT2D eigenvalue weighted by Crippen LogP contribution is -2.20. The van der Waals surface area contributed by atoms with Crippen molar-refractivity contribution in [2.45, 2.75) is 0 Å². The molecule has 1 amide bonds. The summed E-state index contributed by atoms with van der Waals surface area (Å²) in [7, 11) is 0. The van der Waals surface area contributed by atoms with Gasteiger partial charge < -0.3 is 5.73 Å². The van der Waals surface area contributed by atoms with E-state index in [-0.39, 0.29) is 12.5 Å². The molecule has 0 saturated heterocycles. The van der Waals surface area contributed by atoms with Gasteiger partial charge in [-0.25, -0.2) is 5.32 Å². The SMILES string of the molecule is NCC(=O)[N]c1cc2ccccc2s1. The Morgan fingerprint density at radius 2 is 2.21 bits per heavy atom. The summed E-state index contributed by atoms with van der Waals surface area (Å²) in [6, 6.07) is 9.83. The van der Waals surface area contributed by atoms with E-state index in [4.69, 9.17) is 5.73 Å². The lowest BCUT2D eigenvalue weighted by atomic mass is 10.3. The molecule has 2 aromatic rings. The van der Waals surface area contributed by atoms with E-state index in [2.05, 4.69) is 5.32 Å². The molecule has 0 saturated carbocycles. The van der Waals surface area contributed by atoms with E-state index in [1.807, 2.05) is 30.3 Å². The number of nitrogens with zero attached hydrogens (tertiary/aromatic N) is 1. The Bertz CT molecular complexity index is 431. The van der Waals surface area contributed by atoms with Crippen LogP contribution in [0.5, 0.6) is 0 Å². The van der Waals surface area contributed by atoms with Gasteiger partial charge in [0.1, 0.15) is 5.00 Å². The summed E-state index contributed by atoms with van der Waals surface area (Å²) >= 11 is 1.50. The second kappa shape index (κ2) is 3.77. The van der Waals surface area contributed by atoms with Crippen LogP contribution in [0.15, 0.2) is 30.3 Å². The zero-order valence-electron chi connectivity index (χ0n) is 7.43. The zero-order chi connectivity index (χ0) is 9.97. The molecule has 0 unspecified atom stereocenters. The maximum absolute atomic E-state index is 11.0. The predicted molar refractivity (Wildman–Crippen MR) is 57.7 cm³/mol. The largest absolute Gasteiger partial charge is 0.322 e. The highest BCUT2D eigenvalue weighted by Gasteiger charge is 2.05. The third-order valence-corrected chi connectivity index (χ3v) is 2.83. The molecular weight excluding hydrogens is 196 g/mol. The summed E-state index contributed by atoms with van der Waals surface area (Å²) in [5.74, 6) is -0.281. The van der Waals surface area contributed by atoms with Crippen LogP contribution in [0.1, 0.15) is 0 Å². The highest BCUT2D eigenvalue weighted by Crippen LogP contribution is 2.29. The van der Waals surface area contributed by atoms with Crippen molar-refractivity contribution in [2.75, 3.05) is 6.54 Å². The van der Waals surface area contributed by atoms with Crippen molar-refractivity contribution in [3.8, 4) is 0 Å². The van der Waals surface area contributed by atoms with E-state index in [1.165, 1.54) is 11.3 Å². The molecule has 2 rings (SSSR count). The van der Waals surface area contributed by atoms with Crippen molar-refractivity contribution in [3.05, 3.63) is 30.3 Å². The standard InChI is InChI=1S/C10H9N2OS/c11-6-9(13)12-10-5-7-3-1-2-4-8(7)14-10/h1-5H,6,11H2. The molecular formula is C10H9N2OS. The number of thiophene rings is 1. The molecule has 0 spiro atoms. The van der Waals surface area contributed by atoms with Gasteiger partial charge in [0.2, 0.25) is 0 Å². The van der Waals surface area contributed by atoms with E-state index in [1.54, 1.807) is 0 Å². The van der Waals surface area contributed by atoms with Crippen LogP contribution >= 0.6 is 11.3 Å². The van der Waals surface area contributed by atoms with Gasteiger partial charge in [-0.15, -0.1) is 11.3 Å². The number of fused-ring (bicyclic) bond motifs is 1. The summed E-state index contributed by atoms with van der Waals surface area (Å²) in [6.07, 6.45) is 0. The van der Waals surface area contributed by atoms with Crippen LogP contribution in [0, 0.1) is 0 Å². The Hall–Kier alpha value is -1.39. The molecule has 1 heterocycles. The molecule has 0 aliphatic rings. The number of carbonyl (C=O) groups is 1. The number of hydrogen-bond donors (Lipinski definition) is 1. The van der Waals surface area contributed by atoms with Gasteiger partial charge in [-0.05, 0) is 17.5 Å². The van der Waals surface area contributed by atoms with Gasteiger partial charge in [-0.1, -0.05) is 18.2 Å². The smallest absolute Gasteiger partial charge is 0.260 e. The number of amides is 1. The maximum Gasteiger partial charge on any atom is 0.260 e. The van der Waals surface area contributed by atoms with Crippen molar-refractivity contribution in [3.63, 3.8) is 0 Å². The van der Waals surface area contributed by atoms with Crippen LogP contribution < -0.4 is 11.1 Å². The van der Waals surface area contributed by atoms with Gasteiger partial charge in [0.05, 0.1) is 6.54 Å². The van der Waals surface area contributed by atoms with Gasteiger partial charge in [-0.2, -0.15) is 0 Å². The molecule has 0 aliphatic carbocycles. The van der Waals surface area contributed by atoms with E-state index < -0.39 is 0 Å². The van der Waals surface area contributed by atoms with Crippen molar-refractivity contribution < 1.29 is 4.79 Å². The van der Waals surface area contributed by atoms with E-state index >= 15 is 0 Å². The molecule has 1 aromatic carbocycles. The first-order valence-corrected chi connectivity index (χ1v) is 5.04. The van der Waals surface area contributed by atoms with Crippen molar-refractivity contribution >= 4 is 32.3 Å². The molecule has 71 valence electrons. The highest BCUT2D eigenvalue weighted by molar-refractivity contribution is 7.22. The number of carbonyl (C=O) groups excluding carboxylic acids is 1. The van der Waals surface area contributed by atoms with Crippen LogP contribution in [-0.4, -0.2) is 12.5 Å². The molecule has 4 heteroatoms. The van der Waals surface area contributed by atoms with Crippen LogP contribution in [0.2, 0.25) is 0 Å². The van der Waals surface area contributed by atoms with Crippen LogP contribution in [-0.2, 0) is 4.79 Å². The van der Waals surface area contributed by atoms with Gasteiger partial charge in [0.25, 0.3) is 5.91 Å². The lowest BCUT2D eigenvalue weighted by Gasteiger charge is -1.92. The van der Waals surface area contributed by atoms with Gasteiger partial charge in [0.15, 0.2) is 0 Å². The third kappa shape index (κ3) is 1.76. The summed E-state index contributed by atoms with van der Waals surface area (Å²) in [4.78, 5) is 11.0. The minimum absolute atomic E-state index is 0.0335. The number of nitrogens with two attached hydrogens (primary N) is 1. The molecule has 0 atom stereocenters. The molecule has 0 fully saturated rings. The Balaban J connectivity index is 2.31. The number of rotatable bonds is 2. The number of benzene rings is 1. The van der Waals surface area contributed by atoms with Gasteiger partial charge in [-0.3, -0.25) is 4.79 Å². The second-order valence-corrected chi connectivity index (χ2v) is 3.89. The summed E-state index contributed by atoms with van der Waals surface area (Å²) in [6.45, 7) is -0.0335. The van der Waals surface area contributed by atoms with Gasteiger partial charge in [0, 0.05) is 4.70 Å². The van der Waals surface area contributed by atoms with Crippen LogP contribution in [0.3, 0.4) is 0 Å². The van der Waals surface area contributed by atoms with Crippen molar-refractivity contribution in [2.24, 2.45) is 5.73 Å². The quantitative estimate of drug-likeness (QED) is 0.810. The number of hydrogen-bond acceptors (Lipinski definition) is 3. The topological polar surface area (TPSA) is 57.2 Å². The molecule has 14 heavy (non-hydrogen) atoms. The normalized spacial score (nSPS) is 10.4. The molecule has 3 nitrogen and oxygen atoms in total. The van der Waals surface area contributed by atoms with Crippen LogP contribution in [0.4, 0.5) is 5.00 Å². The Morgan fingerprint density at radius 1 is 1.43 bits per heavy atom. The molecule has 0 aliphatic heterocycles. The summed E-state index contributed by atoms with van der Waals surface area (Å²) in [5, 5.41) is 5.71.